The van der Waals surface area contributed by atoms with Crippen molar-refractivity contribution in [2.24, 2.45) is 0 Å². The number of aliphatic hydroxyl groups is 1. The van der Waals surface area contributed by atoms with Crippen LogP contribution in [0, 0.1) is 0 Å². The van der Waals surface area contributed by atoms with E-state index >= 15 is 0 Å². The van der Waals surface area contributed by atoms with Crippen LogP contribution in [0.4, 0.5) is 5.82 Å². The lowest BCUT2D eigenvalue weighted by molar-refractivity contribution is -0.153. The fourth-order valence-corrected chi connectivity index (χ4v) is 2.99. The third-order valence-electron chi connectivity index (χ3n) is 3.68. The maximum Gasteiger partial charge on any atom is 0.469 e. The van der Waals surface area contributed by atoms with Crippen molar-refractivity contribution < 1.29 is 38.3 Å². The largest absolute Gasteiger partial charge is 0.469 e. The van der Waals surface area contributed by atoms with E-state index in [0.717, 1.165) is 6.92 Å². The molecule has 26 heavy (non-hydrogen) atoms. The van der Waals surface area contributed by atoms with Crippen molar-refractivity contribution in [3.05, 3.63) is 12.7 Å². The van der Waals surface area contributed by atoms with Gasteiger partial charge in [0.1, 0.15) is 24.1 Å². The Bertz CT molecular complexity index is 868. The van der Waals surface area contributed by atoms with Crippen LogP contribution in [0.15, 0.2) is 12.7 Å². The molecule has 1 fully saturated rings. The lowest BCUT2D eigenvalue weighted by Crippen LogP contribution is -2.37. The van der Waals surface area contributed by atoms with Crippen molar-refractivity contribution in [2.45, 2.75) is 31.5 Å². The normalized spacial score (nSPS) is 26.3. The van der Waals surface area contributed by atoms with Gasteiger partial charge in [0, 0.05) is 6.92 Å². The van der Waals surface area contributed by atoms with Gasteiger partial charge in [-0.25, -0.2) is 19.5 Å². The number of fused-ring (bicyclic) bond motifs is 1. The highest BCUT2D eigenvalue weighted by Crippen LogP contribution is 2.39. The van der Waals surface area contributed by atoms with Gasteiger partial charge in [0.2, 0.25) is 0 Å². The van der Waals surface area contributed by atoms with Crippen molar-refractivity contribution in [1.82, 2.24) is 19.5 Å². The Labute approximate surface area is 146 Å². The Kier molecular flexibility index (Phi) is 4.92. The predicted molar refractivity (Wildman–Crippen MR) is 83.2 cm³/mol. The number of hydrogen-bond acceptors (Lipinski definition) is 10. The number of ether oxygens (including phenoxy) is 2. The molecule has 13 nitrogen and oxygen atoms in total. The van der Waals surface area contributed by atoms with Gasteiger partial charge in [0.25, 0.3) is 0 Å². The highest BCUT2D eigenvalue weighted by atomic mass is 31.2. The third-order valence-corrected chi connectivity index (χ3v) is 4.17. The number of phosphoric acid groups is 1. The smallest absolute Gasteiger partial charge is 0.457 e. The SMILES string of the molecule is CC(=O)OC1C(COP(=O)(O)O)OC(n2cnc3c(N)ncnc32)C1O. The van der Waals surface area contributed by atoms with Crippen LogP contribution < -0.4 is 5.73 Å². The molecule has 4 atom stereocenters. The van der Waals surface area contributed by atoms with Gasteiger partial charge in [-0.2, -0.15) is 0 Å². The molecule has 2 aromatic heterocycles. The van der Waals surface area contributed by atoms with E-state index in [2.05, 4.69) is 19.5 Å². The molecule has 0 radical (unpaired) electrons. The fraction of sp³-hybridized carbons (Fsp3) is 0.500. The van der Waals surface area contributed by atoms with Crippen molar-refractivity contribution in [3.8, 4) is 0 Å². The summed E-state index contributed by atoms with van der Waals surface area (Å²) in [4.78, 5) is 40.9. The third kappa shape index (κ3) is 3.67. The van der Waals surface area contributed by atoms with Gasteiger partial charge < -0.3 is 30.1 Å². The summed E-state index contributed by atoms with van der Waals surface area (Å²) in [5.41, 5.74) is 6.26. The molecular formula is C12H16N5O8P. The molecule has 0 aromatic carbocycles. The zero-order valence-electron chi connectivity index (χ0n) is 13.4. The number of aromatic nitrogens is 4. The molecule has 0 spiro atoms. The van der Waals surface area contributed by atoms with Crippen LogP contribution in [0.1, 0.15) is 13.2 Å². The summed E-state index contributed by atoms with van der Waals surface area (Å²) in [6.45, 7) is 0.515. The summed E-state index contributed by atoms with van der Waals surface area (Å²) in [5.74, 6) is -0.583. The van der Waals surface area contributed by atoms with Crippen LogP contribution in [0.25, 0.3) is 11.2 Å². The minimum absolute atomic E-state index is 0.124. The number of phosphoric ester groups is 1. The van der Waals surface area contributed by atoms with E-state index < -0.39 is 44.9 Å². The van der Waals surface area contributed by atoms with Crippen LogP contribution in [0.2, 0.25) is 0 Å². The second kappa shape index (κ2) is 6.87. The number of nitrogens with two attached hydrogens (primary N) is 1. The first-order valence-corrected chi connectivity index (χ1v) is 8.84. The maximum absolute atomic E-state index is 11.3. The molecule has 5 N–H and O–H groups in total. The highest BCUT2D eigenvalue weighted by molar-refractivity contribution is 7.46. The standard InChI is InChI=1S/C12H16N5O8P/c1-5(18)24-9-6(2-23-26(20,21)22)25-12(8(9)19)17-4-16-7-10(13)14-3-15-11(7)17/h3-4,6,8-9,12,19H,2H2,1H3,(H2,13,14,15)(H2,20,21,22). The summed E-state index contributed by atoms with van der Waals surface area (Å²) in [5, 5.41) is 10.5. The van der Waals surface area contributed by atoms with Gasteiger partial charge in [-0.1, -0.05) is 0 Å². The number of rotatable bonds is 5. The van der Waals surface area contributed by atoms with Gasteiger partial charge >= 0.3 is 13.8 Å². The summed E-state index contributed by atoms with van der Waals surface area (Å²) >= 11 is 0. The first kappa shape index (κ1) is 18.6. The van der Waals surface area contributed by atoms with E-state index in [1.807, 2.05) is 0 Å². The monoisotopic (exact) mass is 389 g/mol. The lowest BCUT2D eigenvalue weighted by atomic mass is 10.1. The van der Waals surface area contributed by atoms with Crippen molar-refractivity contribution in [3.63, 3.8) is 0 Å². The molecule has 4 unspecified atom stereocenters. The van der Waals surface area contributed by atoms with E-state index in [4.69, 9.17) is 25.0 Å². The molecule has 3 heterocycles. The van der Waals surface area contributed by atoms with Gasteiger partial charge in [0.05, 0.1) is 12.9 Å². The molecule has 0 amide bonds. The number of hydrogen-bond donors (Lipinski definition) is 4. The van der Waals surface area contributed by atoms with Crippen molar-refractivity contribution >= 4 is 30.8 Å². The minimum atomic E-state index is -4.78. The molecule has 14 heteroatoms. The molecule has 1 aliphatic rings. The van der Waals surface area contributed by atoms with Gasteiger partial charge in [0.15, 0.2) is 23.8 Å². The second-order valence-corrected chi connectivity index (χ2v) is 6.74. The summed E-state index contributed by atoms with van der Waals surface area (Å²) < 4.78 is 27.3. The Morgan fingerprint density at radius 3 is 2.81 bits per heavy atom. The Hall–Kier alpha value is -2.15. The average Bonchev–Trinajstić information content (AvgIpc) is 3.08. The van der Waals surface area contributed by atoms with E-state index in [0.29, 0.717) is 0 Å². The topological polar surface area (TPSA) is 192 Å². The number of nitrogen functional groups attached to an aromatic ring is 1. The highest BCUT2D eigenvalue weighted by Gasteiger charge is 2.48. The molecule has 0 bridgehead atoms. The maximum atomic E-state index is 11.3. The van der Waals surface area contributed by atoms with Gasteiger partial charge in [-0.15, -0.1) is 0 Å². The van der Waals surface area contributed by atoms with Crippen LogP contribution in [0.3, 0.4) is 0 Å². The fourth-order valence-electron chi connectivity index (χ4n) is 2.65. The molecular weight excluding hydrogens is 373 g/mol. The van der Waals surface area contributed by atoms with E-state index in [1.165, 1.54) is 17.2 Å². The number of carbonyl (C=O) groups excluding carboxylic acids is 1. The lowest BCUT2D eigenvalue weighted by Gasteiger charge is -2.19. The molecule has 1 aliphatic heterocycles. The zero-order chi connectivity index (χ0) is 19.1. The predicted octanol–water partition coefficient (Wildman–Crippen LogP) is -1.29. The Morgan fingerprint density at radius 1 is 1.42 bits per heavy atom. The number of nitrogens with zero attached hydrogens (tertiary/aromatic N) is 4. The average molecular weight is 389 g/mol. The Morgan fingerprint density at radius 2 is 2.15 bits per heavy atom. The van der Waals surface area contributed by atoms with Gasteiger partial charge in [-0.05, 0) is 0 Å². The van der Waals surface area contributed by atoms with Crippen LogP contribution >= 0.6 is 7.82 Å². The van der Waals surface area contributed by atoms with E-state index in [9.17, 15) is 14.5 Å². The zero-order valence-corrected chi connectivity index (χ0v) is 14.3. The van der Waals surface area contributed by atoms with Crippen LogP contribution in [-0.4, -0.2) is 65.3 Å². The first-order valence-electron chi connectivity index (χ1n) is 7.31. The number of imidazole rings is 1. The van der Waals surface area contributed by atoms with Crippen LogP contribution in [0.5, 0.6) is 0 Å². The number of carbonyl (C=O) groups is 1. The first-order chi connectivity index (χ1) is 12.2. The van der Waals surface area contributed by atoms with Crippen molar-refractivity contribution in [1.29, 1.82) is 0 Å². The molecule has 0 saturated carbocycles. The summed E-state index contributed by atoms with van der Waals surface area (Å²) in [6, 6.07) is 0. The number of aliphatic hydroxyl groups excluding tert-OH is 1. The van der Waals surface area contributed by atoms with Crippen LogP contribution in [-0.2, 0) is 23.4 Å². The molecule has 1 saturated heterocycles. The number of esters is 1. The minimum Gasteiger partial charge on any atom is -0.457 e. The quantitative estimate of drug-likeness (QED) is 0.350. The summed E-state index contributed by atoms with van der Waals surface area (Å²) in [7, 11) is -4.78. The second-order valence-electron chi connectivity index (χ2n) is 5.50. The molecule has 2 aromatic rings. The van der Waals surface area contributed by atoms with E-state index in [-0.39, 0.29) is 17.0 Å². The number of anilines is 1. The summed E-state index contributed by atoms with van der Waals surface area (Å²) in [6.07, 6.45) is -2.33. The Balaban J connectivity index is 1.91. The van der Waals surface area contributed by atoms with Crippen molar-refractivity contribution in [2.75, 3.05) is 12.3 Å². The molecule has 0 aliphatic carbocycles. The molecule has 3 rings (SSSR count). The van der Waals surface area contributed by atoms with E-state index in [1.54, 1.807) is 0 Å². The molecule has 142 valence electrons. The van der Waals surface area contributed by atoms with Gasteiger partial charge in [-0.3, -0.25) is 13.9 Å².